The molecule has 0 spiro atoms. The van der Waals surface area contributed by atoms with Gasteiger partial charge in [-0.05, 0) is 37.3 Å². The first kappa shape index (κ1) is 16.2. The minimum Gasteiger partial charge on any atom is -0.334 e. The lowest BCUT2D eigenvalue weighted by molar-refractivity contribution is -0.134. The lowest BCUT2D eigenvalue weighted by atomic mass is 10.0. The van der Waals surface area contributed by atoms with Crippen molar-refractivity contribution in [1.29, 1.82) is 0 Å². The molecule has 21 heavy (non-hydrogen) atoms. The van der Waals surface area contributed by atoms with E-state index in [0.29, 0.717) is 22.9 Å². The molecule has 1 unspecified atom stereocenters. The van der Waals surface area contributed by atoms with E-state index in [1.54, 1.807) is 17.0 Å². The van der Waals surface area contributed by atoms with Crippen molar-refractivity contribution in [2.24, 2.45) is 11.7 Å². The molecule has 1 aromatic carbocycles. The number of nitrogens with two attached hydrogens (primary N) is 1. The molecule has 116 valence electrons. The van der Waals surface area contributed by atoms with Crippen molar-refractivity contribution in [3.63, 3.8) is 0 Å². The van der Waals surface area contributed by atoms with E-state index in [9.17, 15) is 9.18 Å². The van der Waals surface area contributed by atoms with Gasteiger partial charge in [0.25, 0.3) is 0 Å². The van der Waals surface area contributed by atoms with E-state index in [0.717, 1.165) is 12.8 Å². The number of halogens is 2. The quantitative estimate of drug-likeness (QED) is 0.875. The van der Waals surface area contributed by atoms with Crippen molar-refractivity contribution in [3.05, 3.63) is 34.6 Å². The van der Waals surface area contributed by atoms with Crippen LogP contribution in [0.5, 0.6) is 0 Å². The standard InChI is InChI=1S/C16H22ClFN2O/c1-10(2)8-15(19)16(21)20(11-6-7-11)9-12-13(17)4-3-5-14(12)18/h3-5,10-11,15H,6-9,19H2,1-2H3. The van der Waals surface area contributed by atoms with Gasteiger partial charge in [-0.15, -0.1) is 0 Å². The Labute approximate surface area is 130 Å². The molecule has 1 atom stereocenters. The summed E-state index contributed by atoms with van der Waals surface area (Å²) in [6, 6.07) is 4.21. The molecule has 0 aliphatic heterocycles. The average Bonchev–Trinajstić information content (AvgIpc) is 3.21. The number of carbonyl (C=O) groups excluding carboxylic acids is 1. The van der Waals surface area contributed by atoms with Gasteiger partial charge in [0, 0.05) is 16.6 Å². The van der Waals surface area contributed by atoms with Crippen LogP contribution in [0.4, 0.5) is 4.39 Å². The highest BCUT2D eigenvalue weighted by Gasteiger charge is 2.35. The molecule has 1 aliphatic rings. The molecule has 1 aromatic rings. The lowest BCUT2D eigenvalue weighted by Crippen LogP contribution is -2.45. The van der Waals surface area contributed by atoms with Gasteiger partial charge < -0.3 is 10.6 Å². The number of carbonyl (C=O) groups is 1. The second-order valence-electron chi connectivity index (χ2n) is 6.13. The molecule has 2 N–H and O–H groups in total. The molecular formula is C16H22ClFN2O. The van der Waals surface area contributed by atoms with Crippen LogP contribution in [0.1, 0.15) is 38.7 Å². The fourth-order valence-corrected chi connectivity index (χ4v) is 2.67. The van der Waals surface area contributed by atoms with Crippen LogP contribution >= 0.6 is 11.6 Å². The summed E-state index contributed by atoms with van der Waals surface area (Å²) < 4.78 is 13.9. The van der Waals surface area contributed by atoms with Crippen molar-refractivity contribution in [1.82, 2.24) is 4.90 Å². The van der Waals surface area contributed by atoms with Crippen molar-refractivity contribution in [2.75, 3.05) is 0 Å². The highest BCUT2D eigenvalue weighted by molar-refractivity contribution is 6.31. The molecule has 5 heteroatoms. The second kappa shape index (κ2) is 6.75. The Hall–Kier alpha value is -1.13. The lowest BCUT2D eigenvalue weighted by Gasteiger charge is -2.27. The van der Waals surface area contributed by atoms with Gasteiger partial charge in [0.15, 0.2) is 0 Å². The van der Waals surface area contributed by atoms with Crippen molar-refractivity contribution >= 4 is 17.5 Å². The molecule has 2 rings (SSSR count). The molecule has 1 aliphatic carbocycles. The van der Waals surface area contributed by atoms with E-state index in [1.807, 2.05) is 13.8 Å². The van der Waals surface area contributed by atoms with Gasteiger partial charge in [0.2, 0.25) is 5.91 Å². The van der Waals surface area contributed by atoms with Crippen LogP contribution in [0, 0.1) is 11.7 Å². The molecule has 0 bridgehead atoms. The van der Waals surface area contributed by atoms with Crippen LogP contribution in [0.2, 0.25) is 5.02 Å². The maximum Gasteiger partial charge on any atom is 0.240 e. The smallest absolute Gasteiger partial charge is 0.240 e. The number of hydrogen-bond acceptors (Lipinski definition) is 2. The van der Waals surface area contributed by atoms with Crippen molar-refractivity contribution in [2.45, 2.75) is 51.7 Å². The Bertz CT molecular complexity index is 497. The Balaban J connectivity index is 2.14. The molecule has 1 amide bonds. The molecule has 0 heterocycles. The number of amides is 1. The summed E-state index contributed by atoms with van der Waals surface area (Å²) in [5, 5.41) is 0.353. The van der Waals surface area contributed by atoms with Crippen LogP contribution in [0.3, 0.4) is 0 Å². The largest absolute Gasteiger partial charge is 0.334 e. The van der Waals surface area contributed by atoms with Crippen LogP contribution in [0.15, 0.2) is 18.2 Å². The van der Waals surface area contributed by atoms with E-state index in [4.69, 9.17) is 17.3 Å². The number of benzene rings is 1. The summed E-state index contributed by atoms with van der Waals surface area (Å²) in [6.45, 7) is 4.26. The fraction of sp³-hybridized carbons (Fsp3) is 0.562. The Morgan fingerprint density at radius 1 is 1.48 bits per heavy atom. The molecule has 0 saturated heterocycles. The highest BCUT2D eigenvalue weighted by atomic mass is 35.5. The van der Waals surface area contributed by atoms with Crippen LogP contribution in [-0.2, 0) is 11.3 Å². The number of rotatable bonds is 6. The SMILES string of the molecule is CC(C)CC(N)C(=O)N(Cc1c(F)cccc1Cl)C1CC1. The summed E-state index contributed by atoms with van der Waals surface area (Å²) in [4.78, 5) is 14.2. The summed E-state index contributed by atoms with van der Waals surface area (Å²) in [6.07, 6.45) is 2.53. The van der Waals surface area contributed by atoms with Crippen molar-refractivity contribution < 1.29 is 9.18 Å². The second-order valence-corrected chi connectivity index (χ2v) is 6.54. The third-order valence-electron chi connectivity index (χ3n) is 3.70. The third-order valence-corrected chi connectivity index (χ3v) is 4.06. The topological polar surface area (TPSA) is 46.3 Å². The maximum atomic E-state index is 13.9. The van der Waals surface area contributed by atoms with Gasteiger partial charge in [-0.25, -0.2) is 4.39 Å². The van der Waals surface area contributed by atoms with Gasteiger partial charge in [-0.1, -0.05) is 31.5 Å². The summed E-state index contributed by atoms with van der Waals surface area (Å²) in [7, 11) is 0. The van der Waals surface area contributed by atoms with Gasteiger partial charge in [-0.2, -0.15) is 0 Å². The zero-order valence-electron chi connectivity index (χ0n) is 12.5. The number of nitrogens with zero attached hydrogens (tertiary/aromatic N) is 1. The van der Waals surface area contributed by atoms with Crippen LogP contribution in [0.25, 0.3) is 0 Å². The maximum absolute atomic E-state index is 13.9. The Morgan fingerprint density at radius 3 is 2.67 bits per heavy atom. The molecule has 1 fully saturated rings. The predicted molar refractivity (Wildman–Crippen MR) is 82.4 cm³/mol. The first-order valence-electron chi connectivity index (χ1n) is 7.39. The minimum absolute atomic E-state index is 0.106. The Morgan fingerprint density at radius 2 is 2.14 bits per heavy atom. The van der Waals surface area contributed by atoms with Crippen LogP contribution in [-0.4, -0.2) is 22.9 Å². The van der Waals surface area contributed by atoms with E-state index >= 15 is 0 Å². The highest BCUT2D eigenvalue weighted by Crippen LogP contribution is 2.31. The first-order valence-corrected chi connectivity index (χ1v) is 7.77. The first-order chi connectivity index (χ1) is 9.90. The van der Waals surface area contributed by atoms with Gasteiger partial charge in [0.1, 0.15) is 5.82 Å². The third kappa shape index (κ3) is 4.17. The van der Waals surface area contributed by atoms with Gasteiger partial charge in [0.05, 0.1) is 12.6 Å². The molecular weight excluding hydrogens is 291 g/mol. The molecule has 0 aromatic heterocycles. The van der Waals surface area contributed by atoms with Crippen molar-refractivity contribution in [3.8, 4) is 0 Å². The summed E-state index contributed by atoms with van der Waals surface area (Å²) in [5.41, 5.74) is 6.37. The Kier molecular flexibility index (Phi) is 5.22. The van der Waals surface area contributed by atoms with E-state index in [2.05, 4.69) is 0 Å². The summed E-state index contributed by atoms with van der Waals surface area (Å²) in [5.74, 6) is -0.133. The predicted octanol–water partition coefficient (Wildman–Crippen LogP) is 3.34. The van der Waals surface area contributed by atoms with E-state index < -0.39 is 6.04 Å². The summed E-state index contributed by atoms with van der Waals surface area (Å²) >= 11 is 6.06. The fourth-order valence-electron chi connectivity index (χ4n) is 2.45. The normalized spacial score (nSPS) is 16.1. The average molecular weight is 313 g/mol. The van der Waals surface area contributed by atoms with Gasteiger partial charge >= 0.3 is 0 Å². The zero-order chi connectivity index (χ0) is 15.6. The molecule has 0 radical (unpaired) electrons. The van der Waals surface area contributed by atoms with E-state index in [-0.39, 0.29) is 24.3 Å². The van der Waals surface area contributed by atoms with Gasteiger partial charge in [-0.3, -0.25) is 4.79 Å². The van der Waals surface area contributed by atoms with E-state index in [1.165, 1.54) is 6.07 Å². The number of hydrogen-bond donors (Lipinski definition) is 1. The molecule has 1 saturated carbocycles. The zero-order valence-corrected chi connectivity index (χ0v) is 13.2. The molecule has 3 nitrogen and oxygen atoms in total. The monoisotopic (exact) mass is 312 g/mol. The van der Waals surface area contributed by atoms with Crippen LogP contribution < -0.4 is 5.73 Å². The minimum atomic E-state index is -0.531.